The third kappa shape index (κ3) is 5.22. The van der Waals surface area contributed by atoms with Crippen molar-refractivity contribution in [3.8, 4) is 0 Å². The summed E-state index contributed by atoms with van der Waals surface area (Å²) in [6, 6.07) is 6.51. The molecule has 0 saturated carbocycles. The lowest BCUT2D eigenvalue weighted by atomic mass is 10.1. The monoisotopic (exact) mass is 314 g/mol. The van der Waals surface area contributed by atoms with Gasteiger partial charge in [0.05, 0.1) is 6.16 Å². The highest BCUT2D eigenvalue weighted by molar-refractivity contribution is 7.50. The molecule has 1 aliphatic rings. The fourth-order valence-corrected chi connectivity index (χ4v) is 3.11. The molecule has 0 radical (unpaired) electrons. The predicted octanol–water partition coefficient (Wildman–Crippen LogP) is 0.223. The van der Waals surface area contributed by atoms with Crippen molar-refractivity contribution in [1.82, 2.24) is 10.2 Å². The Hall–Kier alpha value is -1.24. The van der Waals surface area contributed by atoms with Crippen LogP contribution in [0.5, 0.6) is 0 Å². The summed E-state index contributed by atoms with van der Waals surface area (Å²) in [7, 11) is -4.07. The van der Waals surface area contributed by atoms with Crippen LogP contribution in [0, 0.1) is 0 Å². The molecular formula is C13H19N2O5P. The van der Waals surface area contributed by atoms with Crippen LogP contribution in [0.4, 0.5) is 0 Å². The van der Waals surface area contributed by atoms with Gasteiger partial charge in [-0.25, -0.2) is 0 Å². The highest BCUT2D eigenvalue weighted by atomic mass is 31.2. The number of carboxylic acids is 1. The van der Waals surface area contributed by atoms with Gasteiger partial charge in [0.2, 0.25) is 0 Å². The van der Waals surface area contributed by atoms with Gasteiger partial charge in [-0.1, -0.05) is 24.3 Å². The molecule has 1 aliphatic heterocycles. The lowest BCUT2D eigenvalue weighted by molar-refractivity contribution is -0.140. The molecule has 1 aromatic rings. The molecule has 0 aromatic heterocycles. The molecule has 116 valence electrons. The molecule has 1 unspecified atom stereocenters. The first-order chi connectivity index (χ1) is 9.83. The summed E-state index contributed by atoms with van der Waals surface area (Å²) in [5, 5.41) is 12.0. The van der Waals surface area contributed by atoms with Crippen LogP contribution in [0.3, 0.4) is 0 Å². The molecule has 8 heteroatoms. The zero-order valence-electron chi connectivity index (χ0n) is 11.5. The molecule has 0 amide bonds. The predicted molar refractivity (Wildman–Crippen MR) is 76.9 cm³/mol. The molecule has 21 heavy (non-hydrogen) atoms. The van der Waals surface area contributed by atoms with Crippen LogP contribution in [-0.4, -0.2) is 51.4 Å². The molecule has 1 saturated heterocycles. The van der Waals surface area contributed by atoms with E-state index in [2.05, 4.69) is 5.32 Å². The Bertz CT molecular complexity index is 559. The second-order valence-corrected chi connectivity index (χ2v) is 6.87. The van der Waals surface area contributed by atoms with Crippen LogP contribution >= 0.6 is 7.60 Å². The van der Waals surface area contributed by atoms with E-state index in [0.29, 0.717) is 25.2 Å². The molecule has 4 N–H and O–H groups in total. The number of carbonyl (C=O) groups is 1. The number of piperazine rings is 1. The van der Waals surface area contributed by atoms with E-state index in [0.717, 1.165) is 12.1 Å². The minimum absolute atomic E-state index is 0.278. The Morgan fingerprint density at radius 3 is 2.76 bits per heavy atom. The van der Waals surface area contributed by atoms with E-state index in [4.69, 9.17) is 14.9 Å². The molecule has 1 fully saturated rings. The normalized spacial score (nSPS) is 20.4. The molecule has 0 aliphatic carbocycles. The zero-order valence-corrected chi connectivity index (χ0v) is 12.4. The van der Waals surface area contributed by atoms with Crippen LogP contribution in [0.15, 0.2) is 24.3 Å². The Morgan fingerprint density at radius 1 is 1.38 bits per heavy atom. The van der Waals surface area contributed by atoms with Gasteiger partial charge in [-0.3, -0.25) is 14.3 Å². The van der Waals surface area contributed by atoms with E-state index in [9.17, 15) is 9.36 Å². The number of carboxylic acid groups (broad SMARTS) is 1. The summed E-state index contributed by atoms with van der Waals surface area (Å²) >= 11 is 0. The largest absolute Gasteiger partial charge is 0.480 e. The number of benzene rings is 1. The highest BCUT2D eigenvalue weighted by Crippen LogP contribution is 2.39. The van der Waals surface area contributed by atoms with Crippen molar-refractivity contribution in [2.24, 2.45) is 0 Å². The first kappa shape index (κ1) is 16.1. The van der Waals surface area contributed by atoms with Gasteiger partial charge in [0.15, 0.2) is 0 Å². The Morgan fingerprint density at radius 2 is 2.10 bits per heavy atom. The van der Waals surface area contributed by atoms with Gasteiger partial charge in [-0.2, -0.15) is 0 Å². The first-order valence-corrected chi connectivity index (χ1v) is 8.44. The van der Waals surface area contributed by atoms with E-state index in [1.54, 1.807) is 18.2 Å². The van der Waals surface area contributed by atoms with Gasteiger partial charge in [-0.15, -0.1) is 0 Å². The molecular weight excluding hydrogens is 295 g/mol. The summed E-state index contributed by atoms with van der Waals surface area (Å²) in [4.78, 5) is 31.0. The Kier molecular flexibility index (Phi) is 5.13. The number of rotatable bonds is 5. The van der Waals surface area contributed by atoms with Crippen LogP contribution in [0.25, 0.3) is 0 Å². The topological polar surface area (TPSA) is 110 Å². The second-order valence-electron chi connectivity index (χ2n) is 5.22. The average molecular weight is 314 g/mol. The van der Waals surface area contributed by atoms with E-state index < -0.39 is 19.6 Å². The zero-order chi connectivity index (χ0) is 15.5. The number of aliphatic carboxylic acids is 1. The van der Waals surface area contributed by atoms with Gasteiger partial charge >= 0.3 is 13.6 Å². The standard InChI is InChI=1S/C13H19N2O5P/c16-13(17)12-8-15(5-4-14-12)7-10-2-1-3-11(6-10)9-21(18,19)20/h1-3,6,12,14H,4-5,7-9H2,(H,16,17)(H2,18,19,20). The fourth-order valence-electron chi connectivity index (χ4n) is 2.44. The fraction of sp³-hybridized carbons (Fsp3) is 0.462. The van der Waals surface area contributed by atoms with Crippen molar-refractivity contribution in [2.45, 2.75) is 18.7 Å². The maximum atomic E-state index is 11.0. The molecule has 0 bridgehead atoms. The third-order valence-corrected chi connectivity index (χ3v) is 4.12. The number of nitrogens with zero attached hydrogens (tertiary/aromatic N) is 1. The highest BCUT2D eigenvalue weighted by Gasteiger charge is 2.24. The average Bonchev–Trinajstić information content (AvgIpc) is 2.37. The van der Waals surface area contributed by atoms with E-state index in [1.165, 1.54) is 0 Å². The quantitative estimate of drug-likeness (QED) is 0.576. The lowest BCUT2D eigenvalue weighted by Crippen LogP contribution is -2.53. The van der Waals surface area contributed by atoms with Crippen molar-refractivity contribution >= 4 is 13.6 Å². The van der Waals surface area contributed by atoms with Crippen molar-refractivity contribution in [3.05, 3.63) is 35.4 Å². The SMILES string of the molecule is O=C(O)C1CN(Cc2cccc(CP(=O)(O)O)c2)CCN1. The third-order valence-electron chi connectivity index (χ3n) is 3.34. The summed E-state index contributed by atoms with van der Waals surface area (Å²) in [6.45, 7) is 2.34. The Balaban J connectivity index is 2.01. The van der Waals surface area contributed by atoms with Gasteiger partial charge in [0.1, 0.15) is 6.04 Å². The maximum absolute atomic E-state index is 11.0. The molecule has 0 spiro atoms. The number of nitrogens with one attached hydrogen (secondary N) is 1. The minimum atomic E-state index is -4.07. The van der Waals surface area contributed by atoms with Crippen LogP contribution < -0.4 is 5.32 Å². The smallest absolute Gasteiger partial charge is 0.329 e. The van der Waals surface area contributed by atoms with Crippen molar-refractivity contribution in [1.29, 1.82) is 0 Å². The van der Waals surface area contributed by atoms with Crippen LogP contribution in [0.2, 0.25) is 0 Å². The van der Waals surface area contributed by atoms with E-state index in [1.807, 2.05) is 11.0 Å². The summed E-state index contributed by atoms with van der Waals surface area (Å²) < 4.78 is 11.0. The van der Waals surface area contributed by atoms with Crippen molar-refractivity contribution in [3.63, 3.8) is 0 Å². The van der Waals surface area contributed by atoms with E-state index >= 15 is 0 Å². The minimum Gasteiger partial charge on any atom is -0.480 e. The molecule has 1 heterocycles. The first-order valence-electron chi connectivity index (χ1n) is 6.64. The molecule has 1 atom stereocenters. The number of hydrogen-bond donors (Lipinski definition) is 4. The van der Waals surface area contributed by atoms with Crippen molar-refractivity contribution < 1.29 is 24.3 Å². The second kappa shape index (κ2) is 6.68. The van der Waals surface area contributed by atoms with Gasteiger partial charge in [0.25, 0.3) is 0 Å². The maximum Gasteiger partial charge on any atom is 0.329 e. The lowest BCUT2D eigenvalue weighted by Gasteiger charge is -2.31. The summed E-state index contributed by atoms with van der Waals surface area (Å²) in [6.07, 6.45) is -0.278. The van der Waals surface area contributed by atoms with Gasteiger partial charge in [0, 0.05) is 26.2 Å². The summed E-state index contributed by atoms with van der Waals surface area (Å²) in [5.74, 6) is -0.866. The molecule has 2 rings (SSSR count). The molecule has 7 nitrogen and oxygen atoms in total. The summed E-state index contributed by atoms with van der Waals surface area (Å²) in [5.41, 5.74) is 1.51. The Labute approximate surface area is 122 Å². The van der Waals surface area contributed by atoms with Gasteiger partial charge in [-0.05, 0) is 11.1 Å². The van der Waals surface area contributed by atoms with Crippen molar-refractivity contribution in [2.75, 3.05) is 19.6 Å². The van der Waals surface area contributed by atoms with Crippen LogP contribution in [-0.2, 0) is 22.1 Å². The number of hydrogen-bond acceptors (Lipinski definition) is 4. The van der Waals surface area contributed by atoms with E-state index in [-0.39, 0.29) is 6.16 Å². The van der Waals surface area contributed by atoms with Crippen LogP contribution in [0.1, 0.15) is 11.1 Å². The molecule has 1 aromatic carbocycles. The van der Waals surface area contributed by atoms with Gasteiger partial charge < -0.3 is 20.2 Å².